The van der Waals surface area contributed by atoms with Gasteiger partial charge in [-0.25, -0.2) is 0 Å². The van der Waals surface area contributed by atoms with Crippen LogP contribution < -0.4 is 10.2 Å². The molecule has 1 aromatic carbocycles. The summed E-state index contributed by atoms with van der Waals surface area (Å²) in [6.45, 7) is 7.44. The Morgan fingerprint density at radius 3 is 2.74 bits per heavy atom. The molecule has 1 aromatic heterocycles. The fourth-order valence-corrected chi connectivity index (χ4v) is 1.59. The van der Waals surface area contributed by atoms with Gasteiger partial charge in [-0.1, -0.05) is 17.0 Å². The van der Waals surface area contributed by atoms with Crippen LogP contribution in [-0.4, -0.2) is 32.7 Å². The van der Waals surface area contributed by atoms with Crippen LogP contribution in [0.5, 0.6) is 0 Å². The fraction of sp³-hybridized carbons (Fsp3) is 0.462. The molecular weight excluding hydrogens is 244 g/mol. The number of hydrogen-bond donors (Lipinski definition) is 1. The molecule has 19 heavy (non-hydrogen) atoms. The normalized spacial score (nSPS) is 13.3. The van der Waals surface area contributed by atoms with E-state index in [1.54, 1.807) is 6.92 Å². The number of carbonyl (C=O) groups excluding carboxylic acids is 1. The maximum Gasteiger partial charge on any atom is 0.264 e. The summed E-state index contributed by atoms with van der Waals surface area (Å²) in [6, 6.07) is 7.41. The van der Waals surface area contributed by atoms with Crippen LogP contribution in [-0.2, 0) is 4.79 Å². The third-order valence-corrected chi connectivity index (χ3v) is 2.45. The van der Waals surface area contributed by atoms with Gasteiger partial charge in [-0.2, -0.15) is 0 Å². The van der Waals surface area contributed by atoms with Gasteiger partial charge in [0.05, 0.1) is 0 Å². The summed E-state index contributed by atoms with van der Waals surface area (Å²) in [5, 5.41) is 10.7. The van der Waals surface area contributed by atoms with Crippen molar-refractivity contribution in [2.45, 2.75) is 39.3 Å². The van der Waals surface area contributed by atoms with Gasteiger partial charge in [-0.05, 0) is 45.0 Å². The zero-order valence-corrected chi connectivity index (χ0v) is 11.5. The number of nitrogens with zero attached hydrogens (tertiary/aromatic N) is 3. The zero-order valence-electron chi connectivity index (χ0n) is 11.5. The molecule has 0 aliphatic heterocycles. The number of amides is 1. The van der Waals surface area contributed by atoms with Crippen molar-refractivity contribution in [1.82, 2.24) is 20.5 Å². The van der Waals surface area contributed by atoms with Crippen LogP contribution in [0.1, 0.15) is 27.7 Å². The highest BCUT2D eigenvalue weighted by Crippen LogP contribution is 2.09. The van der Waals surface area contributed by atoms with Crippen LogP contribution in [0.25, 0.3) is 11.0 Å². The lowest BCUT2D eigenvalue weighted by atomic mass is 10.1. The molecule has 2 rings (SSSR count). The van der Waals surface area contributed by atoms with Gasteiger partial charge in [0.2, 0.25) is 6.10 Å². The lowest BCUT2D eigenvalue weighted by Crippen LogP contribution is -2.48. The minimum absolute atomic E-state index is 0.188. The molecule has 102 valence electrons. The number of hydrogen-bond acceptors (Lipinski definition) is 4. The Kier molecular flexibility index (Phi) is 3.42. The van der Waals surface area contributed by atoms with Crippen LogP contribution in [0.15, 0.2) is 24.3 Å². The molecule has 0 unspecified atom stereocenters. The smallest absolute Gasteiger partial charge is 0.264 e. The lowest BCUT2D eigenvalue weighted by Gasteiger charge is -2.23. The van der Waals surface area contributed by atoms with Gasteiger partial charge < -0.3 is 10.2 Å². The molecule has 6 heteroatoms. The number of aromatic nitrogens is 3. The molecule has 6 nitrogen and oxygen atoms in total. The van der Waals surface area contributed by atoms with Crippen LogP contribution in [0.3, 0.4) is 0 Å². The molecule has 0 radical (unpaired) electrons. The molecule has 0 aliphatic carbocycles. The van der Waals surface area contributed by atoms with Crippen molar-refractivity contribution in [2.75, 3.05) is 0 Å². The monoisotopic (exact) mass is 262 g/mol. The van der Waals surface area contributed by atoms with E-state index in [-0.39, 0.29) is 11.4 Å². The molecule has 0 saturated heterocycles. The summed E-state index contributed by atoms with van der Waals surface area (Å²) >= 11 is 0. The topological polar surface area (TPSA) is 69.0 Å². The number of carbonyl (C=O) groups is 1. The first kappa shape index (κ1) is 13.3. The second kappa shape index (κ2) is 4.87. The number of benzene rings is 1. The number of para-hydroxylation sites is 1. The Morgan fingerprint density at radius 1 is 1.37 bits per heavy atom. The summed E-state index contributed by atoms with van der Waals surface area (Å²) in [7, 11) is 0. The third-order valence-electron chi connectivity index (χ3n) is 2.45. The van der Waals surface area contributed by atoms with Crippen molar-refractivity contribution < 1.29 is 9.63 Å². The van der Waals surface area contributed by atoms with Crippen LogP contribution in [0, 0.1) is 0 Å². The van der Waals surface area contributed by atoms with E-state index < -0.39 is 6.10 Å². The van der Waals surface area contributed by atoms with E-state index in [0.717, 1.165) is 11.0 Å². The largest absolute Gasteiger partial charge is 0.382 e. The Bertz CT molecular complexity index is 586. The predicted octanol–water partition coefficient (Wildman–Crippen LogP) is 1.16. The molecule has 2 aromatic rings. The third kappa shape index (κ3) is 3.21. The van der Waals surface area contributed by atoms with Crippen LogP contribution in [0.2, 0.25) is 0 Å². The maximum atomic E-state index is 11.9. The Morgan fingerprint density at radius 2 is 2.05 bits per heavy atom. The standard InChI is InChI=1S/C13H18N4O2/c1-9(12(18)14-13(2,3)4)19-17-11-8-6-5-7-10(11)15-16-17/h5-9H,1-4H3,(H,14,18)/t9-/m0/s1. The van der Waals surface area contributed by atoms with Gasteiger partial charge in [0.25, 0.3) is 5.91 Å². The minimum Gasteiger partial charge on any atom is -0.382 e. The van der Waals surface area contributed by atoms with Crippen molar-refractivity contribution in [3.05, 3.63) is 24.3 Å². The minimum atomic E-state index is -0.649. The molecule has 0 fully saturated rings. The van der Waals surface area contributed by atoms with Crippen molar-refractivity contribution in [1.29, 1.82) is 0 Å². The summed E-state index contributed by atoms with van der Waals surface area (Å²) < 4.78 is 0. The van der Waals surface area contributed by atoms with Gasteiger partial charge >= 0.3 is 0 Å². The summed E-state index contributed by atoms with van der Waals surface area (Å²) in [5.74, 6) is -0.188. The van der Waals surface area contributed by atoms with Gasteiger partial charge in [0, 0.05) is 5.54 Å². The van der Waals surface area contributed by atoms with E-state index >= 15 is 0 Å². The van der Waals surface area contributed by atoms with Gasteiger partial charge in [0.1, 0.15) is 11.0 Å². The first-order chi connectivity index (χ1) is 8.87. The highest BCUT2D eigenvalue weighted by Gasteiger charge is 2.21. The summed E-state index contributed by atoms with van der Waals surface area (Å²) in [5.41, 5.74) is 1.17. The molecule has 0 spiro atoms. The first-order valence-corrected chi connectivity index (χ1v) is 6.16. The van der Waals surface area contributed by atoms with Gasteiger partial charge in [-0.15, -0.1) is 5.10 Å². The van der Waals surface area contributed by atoms with E-state index in [2.05, 4.69) is 15.6 Å². The predicted molar refractivity (Wildman–Crippen MR) is 71.5 cm³/mol. The van der Waals surface area contributed by atoms with Crippen molar-refractivity contribution >= 4 is 16.9 Å². The highest BCUT2D eigenvalue weighted by molar-refractivity contribution is 5.81. The van der Waals surface area contributed by atoms with E-state index in [9.17, 15) is 4.79 Å². The number of nitrogens with one attached hydrogen (secondary N) is 1. The summed E-state index contributed by atoms with van der Waals surface area (Å²) in [6.07, 6.45) is -0.649. The molecule has 0 saturated carbocycles. The molecule has 1 heterocycles. The average molecular weight is 262 g/mol. The van der Waals surface area contributed by atoms with E-state index in [1.165, 1.54) is 4.85 Å². The van der Waals surface area contributed by atoms with E-state index in [1.807, 2.05) is 45.0 Å². The average Bonchev–Trinajstić information content (AvgIpc) is 2.70. The molecule has 0 bridgehead atoms. The van der Waals surface area contributed by atoms with Crippen LogP contribution >= 0.6 is 0 Å². The second-order valence-electron chi connectivity index (χ2n) is 5.44. The number of fused-ring (bicyclic) bond motifs is 1. The number of rotatable bonds is 3. The summed E-state index contributed by atoms with van der Waals surface area (Å²) in [4.78, 5) is 18.7. The highest BCUT2D eigenvalue weighted by atomic mass is 16.7. The zero-order chi connectivity index (χ0) is 14.0. The van der Waals surface area contributed by atoms with Gasteiger partial charge in [-0.3, -0.25) is 4.79 Å². The van der Waals surface area contributed by atoms with Crippen molar-refractivity contribution in [2.24, 2.45) is 0 Å². The SMILES string of the molecule is C[C@H](On1nnc2ccccc21)C(=O)NC(C)(C)C. The van der Waals surface area contributed by atoms with Crippen molar-refractivity contribution in [3.8, 4) is 0 Å². The fourth-order valence-electron chi connectivity index (χ4n) is 1.59. The first-order valence-electron chi connectivity index (χ1n) is 6.16. The molecular formula is C13H18N4O2. The second-order valence-corrected chi connectivity index (χ2v) is 5.44. The quantitative estimate of drug-likeness (QED) is 0.901. The molecule has 0 aliphatic rings. The lowest BCUT2D eigenvalue weighted by molar-refractivity contribution is -0.134. The molecule has 1 N–H and O–H groups in total. The van der Waals surface area contributed by atoms with E-state index in [0.29, 0.717) is 0 Å². The van der Waals surface area contributed by atoms with Crippen molar-refractivity contribution in [3.63, 3.8) is 0 Å². The molecule has 1 atom stereocenters. The Labute approximate surface area is 111 Å². The Hall–Kier alpha value is -2.11. The van der Waals surface area contributed by atoms with Crippen LogP contribution in [0.4, 0.5) is 0 Å². The Balaban J connectivity index is 2.10. The maximum absolute atomic E-state index is 11.9. The molecule has 1 amide bonds. The van der Waals surface area contributed by atoms with E-state index in [4.69, 9.17) is 4.84 Å². The van der Waals surface area contributed by atoms with Gasteiger partial charge in [0.15, 0.2) is 0 Å².